The van der Waals surface area contributed by atoms with Crippen molar-refractivity contribution in [2.75, 3.05) is 19.5 Å². The number of hydrogen-bond acceptors (Lipinski definition) is 3. The Morgan fingerprint density at radius 1 is 1.23 bits per heavy atom. The van der Waals surface area contributed by atoms with Crippen LogP contribution < -0.4 is 14.8 Å². The molecular formula is C17H22ClNO3. The third-order valence-electron chi connectivity index (χ3n) is 5.08. The number of carbonyl (C=O) groups excluding carboxylic acids is 1. The molecule has 4 nitrogen and oxygen atoms in total. The summed E-state index contributed by atoms with van der Waals surface area (Å²) < 4.78 is 10.5. The van der Waals surface area contributed by atoms with Gasteiger partial charge in [-0.1, -0.05) is 18.0 Å². The minimum Gasteiger partial charge on any atom is -0.495 e. The van der Waals surface area contributed by atoms with Crippen LogP contribution in [0, 0.1) is 17.8 Å². The lowest BCUT2D eigenvalue weighted by Gasteiger charge is -2.21. The molecule has 3 rings (SSSR count). The third kappa shape index (κ3) is 3.02. The van der Waals surface area contributed by atoms with E-state index >= 15 is 0 Å². The molecule has 0 saturated heterocycles. The molecule has 0 radical (unpaired) electrons. The fraction of sp³-hybridized carbons (Fsp3) is 0.588. The van der Waals surface area contributed by atoms with E-state index in [1.54, 1.807) is 26.4 Å². The fourth-order valence-electron chi connectivity index (χ4n) is 4.02. The summed E-state index contributed by atoms with van der Waals surface area (Å²) in [5, 5.41) is 3.41. The van der Waals surface area contributed by atoms with E-state index in [1.807, 2.05) is 0 Å². The zero-order valence-corrected chi connectivity index (χ0v) is 13.8. The molecule has 2 fully saturated rings. The van der Waals surface area contributed by atoms with E-state index in [0.29, 0.717) is 34.5 Å². The van der Waals surface area contributed by atoms with Gasteiger partial charge in [0.15, 0.2) is 0 Å². The van der Waals surface area contributed by atoms with Crippen LogP contribution in [0.4, 0.5) is 5.69 Å². The summed E-state index contributed by atoms with van der Waals surface area (Å²) in [7, 11) is 3.11. The Bertz CT molecular complexity index is 575. The van der Waals surface area contributed by atoms with Crippen LogP contribution in [0.5, 0.6) is 11.5 Å². The lowest BCUT2D eigenvalue weighted by molar-refractivity contribution is -0.117. The first-order chi connectivity index (χ1) is 10.6. The van der Waals surface area contributed by atoms with Crippen molar-refractivity contribution in [2.45, 2.75) is 32.1 Å². The molecule has 1 amide bonds. The molecule has 1 N–H and O–H groups in total. The zero-order chi connectivity index (χ0) is 15.7. The van der Waals surface area contributed by atoms with Gasteiger partial charge in [0, 0.05) is 18.6 Å². The fourth-order valence-corrected chi connectivity index (χ4v) is 4.25. The second kappa shape index (κ2) is 6.37. The summed E-state index contributed by atoms with van der Waals surface area (Å²) in [4.78, 5) is 12.4. The third-order valence-corrected chi connectivity index (χ3v) is 5.38. The van der Waals surface area contributed by atoms with Gasteiger partial charge in [-0.25, -0.2) is 0 Å². The van der Waals surface area contributed by atoms with Gasteiger partial charge in [-0.15, -0.1) is 0 Å². The van der Waals surface area contributed by atoms with Crippen LogP contribution in [0.2, 0.25) is 5.02 Å². The van der Waals surface area contributed by atoms with Crippen molar-refractivity contribution in [1.82, 2.24) is 0 Å². The number of anilines is 1. The maximum atomic E-state index is 12.4. The number of carbonyl (C=O) groups is 1. The Morgan fingerprint density at radius 3 is 2.59 bits per heavy atom. The van der Waals surface area contributed by atoms with Crippen LogP contribution in [0.25, 0.3) is 0 Å². The highest BCUT2D eigenvalue weighted by Gasteiger charge is 2.40. The Hall–Kier alpha value is -1.42. The summed E-state index contributed by atoms with van der Waals surface area (Å²) in [6, 6.07) is 3.37. The number of fused-ring (bicyclic) bond motifs is 2. The largest absolute Gasteiger partial charge is 0.495 e. The normalized spacial score (nSPS) is 26.0. The molecule has 2 aliphatic carbocycles. The van der Waals surface area contributed by atoms with Crippen LogP contribution in [0.15, 0.2) is 12.1 Å². The molecule has 0 heterocycles. The molecule has 0 spiro atoms. The monoisotopic (exact) mass is 323 g/mol. The van der Waals surface area contributed by atoms with Crippen molar-refractivity contribution in [3.8, 4) is 11.5 Å². The Labute approximate surface area is 136 Å². The van der Waals surface area contributed by atoms with E-state index in [9.17, 15) is 4.79 Å². The number of methoxy groups -OCH3 is 2. The second-order valence-electron chi connectivity index (χ2n) is 6.37. The van der Waals surface area contributed by atoms with Gasteiger partial charge in [-0.05, 0) is 37.0 Å². The highest BCUT2D eigenvalue weighted by molar-refractivity contribution is 6.32. The predicted molar refractivity (Wildman–Crippen MR) is 86.7 cm³/mol. The quantitative estimate of drug-likeness (QED) is 0.886. The van der Waals surface area contributed by atoms with Gasteiger partial charge < -0.3 is 14.8 Å². The van der Waals surface area contributed by atoms with Crippen LogP contribution in [0.1, 0.15) is 32.1 Å². The predicted octanol–water partition coefficient (Wildman–Crippen LogP) is 4.12. The van der Waals surface area contributed by atoms with E-state index in [-0.39, 0.29) is 5.91 Å². The van der Waals surface area contributed by atoms with Gasteiger partial charge in [0.2, 0.25) is 5.91 Å². The molecule has 1 aromatic carbocycles. The number of halogens is 1. The highest BCUT2D eigenvalue weighted by Crippen LogP contribution is 2.49. The van der Waals surface area contributed by atoms with Crippen molar-refractivity contribution in [1.29, 1.82) is 0 Å². The molecule has 5 heteroatoms. The number of hydrogen-bond donors (Lipinski definition) is 1. The molecular weight excluding hydrogens is 302 g/mol. The van der Waals surface area contributed by atoms with E-state index in [4.69, 9.17) is 21.1 Å². The van der Waals surface area contributed by atoms with Gasteiger partial charge in [0.05, 0.1) is 24.9 Å². The van der Waals surface area contributed by atoms with Crippen molar-refractivity contribution in [3.63, 3.8) is 0 Å². The molecule has 120 valence electrons. The first-order valence-corrected chi connectivity index (χ1v) is 8.20. The van der Waals surface area contributed by atoms with E-state index in [0.717, 1.165) is 11.8 Å². The highest BCUT2D eigenvalue weighted by atomic mass is 35.5. The average molecular weight is 324 g/mol. The van der Waals surface area contributed by atoms with Crippen LogP contribution >= 0.6 is 11.6 Å². The summed E-state index contributed by atoms with van der Waals surface area (Å²) >= 11 is 6.08. The van der Waals surface area contributed by atoms with Gasteiger partial charge in [-0.3, -0.25) is 4.79 Å². The van der Waals surface area contributed by atoms with Crippen LogP contribution in [0.3, 0.4) is 0 Å². The lowest BCUT2D eigenvalue weighted by Crippen LogP contribution is -2.20. The molecule has 2 saturated carbocycles. The maximum absolute atomic E-state index is 12.4. The van der Waals surface area contributed by atoms with Gasteiger partial charge in [0.1, 0.15) is 11.5 Å². The molecule has 1 aromatic rings. The van der Waals surface area contributed by atoms with Crippen molar-refractivity contribution < 1.29 is 14.3 Å². The van der Waals surface area contributed by atoms with Crippen LogP contribution in [-0.4, -0.2) is 20.1 Å². The summed E-state index contributed by atoms with van der Waals surface area (Å²) in [5.41, 5.74) is 0.608. The first kappa shape index (κ1) is 15.5. The SMILES string of the molecule is COc1cc(NC(=O)C[C@@H]2C[C@H]3CC[C@H]2C3)c(OC)cc1Cl. The lowest BCUT2D eigenvalue weighted by atomic mass is 9.86. The van der Waals surface area contributed by atoms with Crippen LogP contribution in [-0.2, 0) is 4.79 Å². The van der Waals surface area contributed by atoms with Gasteiger partial charge >= 0.3 is 0 Å². The smallest absolute Gasteiger partial charge is 0.224 e. The van der Waals surface area contributed by atoms with Crippen molar-refractivity contribution in [2.24, 2.45) is 17.8 Å². The Morgan fingerprint density at radius 2 is 2.00 bits per heavy atom. The minimum absolute atomic E-state index is 0.0419. The number of amides is 1. The molecule has 22 heavy (non-hydrogen) atoms. The van der Waals surface area contributed by atoms with Gasteiger partial charge in [0.25, 0.3) is 0 Å². The molecule has 0 aliphatic heterocycles. The molecule has 3 atom stereocenters. The number of benzene rings is 1. The number of rotatable bonds is 5. The molecule has 2 bridgehead atoms. The summed E-state index contributed by atoms with van der Waals surface area (Å²) in [6.45, 7) is 0. The van der Waals surface area contributed by atoms with E-state index < -0.39 is 0 Å². The van der Waals surface area contributed by atoms with Crippen molar-refractivity contribution >= 4 is 23.2 Å². The number of nitrogens with one attached hydrogen (secondary N) is 1. The molecule has 2 aliphatic rings. The average Bonchev–Trinajstić information content (AvgIpc) is 3.11. The first-order valence-electron chi connectivity index (χ1n) is 7.82. The molecule has 0 unspecified atom stereocenters. The number of ether oxygens (including phenoxy) is 2. The van der Waals surface area contributed by atoms with Crippen molar-refractivity contribution in [3.05, 3.63) is 17.2 Å². The topological polar surface area (TPSA) is 47.6 Å². The molecule has 0 aromatic heterocycles. The Balaban J connectivity index is 1.68. The van der Waals surface area contributed by atoms with Gasteiger partial charge in [-0.2, -0.15) is 0 Å². The maximum Gasteiger partial charge on any atom is 0.224 e. The standard InChI is InChI=1S/C17H22ClNO3/c1-21-15-9-14(16(22-2)8-13(15)18)19-17(20)7-12-6-10-3-4-11(12)5-10/h8-12H,3-7H2,1-2H3,(H,19,20)/t10-,11-,12-/m0/s1. The zero-order valence-electron chi connectivity index (χ0n) is 13.0. The van der Waals surface area contributed by atoms with E-state index in [1.165, 1.54) is 25.7 Å². The Kier molecular flexibility index (Phi) is 4.48. The van der Waals surface area contributed by atoms with E-state index in [2.05, 4.69) is 5.32 Å². The minimum atomic E-state index is 0.0419. The summed E-state index contributed by atoms with van der Waals surface area (Å²) in [5.74, 6) is 3.26. The summed E-state index contributed by atoms with van der Waals surface area (Å²) in [6.07, 6.45) is 5.76. The second-order valence-corrected chi connectivity index (χ2v) is 6.78.